The molecule has 26 heavy (non-hydrogen) atoms. The molecule has 138 valence electrons. The standard InChI is InChI=1S/C19H17F4NOS/c20-17-11-15(10-16(12-17)19(21,22)23)13-24-18(25)7-9-26-8-6-14-4-2-1-3-5-14/h1-6,8,10-12H,7,9,13H2,(H,24,25). The van der Waals surface area contributed by atoms with Gasteiger partial charge in [0.25, 0.3) is 0 Å². The van der Waals surface area contributed by atoms with Crippen LogP contribution in [0.3, 0.4) is 0 Å². The molecule has 0 radical (unpaired) electrons. The lowest BCUT2D eigenvalue weighted by molar-refractivity contribution is -0.137. The summed E-state index contributed by atoms with van der Waals surface area (Å²) in [7, 11) is 0. The Labute approximate surface area is 153 Å². The van der Waals surface area contributed by atoms with Gasteiger partial charge in [-0.05, 0) is 40.8 Å². The van der Waals surface area contributed by atoms with Crippen molar-refractivity contribution in [3.05, 3.63) is 76.4 Å². The van der Waals surface area contributed by atoms with Crippen molar-refractivity contribution in [1.82, 2.24) is 5.32 Å². The average Bonchev–Trinajstić information content (AvgIpc) is 2.59. The number of hydrogen-bond donors (Lipinski definition) is 1. The van der Waals surface area contributed by atoms with Gasteiger partial charge >= 0.3 is 6.18 Å². The first-order valence-corrected chi connectivity index (χ1v) is 8.86. The third-order valence-electron chi connectivity index (χ3n) is 3.38. The third kappa shape index (κ3) is 6.92. The highest BCUT2D eigenvalue weighted by atomic mass is 32.2. The zero-order chi connectivity index (χ0) is 19.0. The Hall–Kier alpha value is -2.28. The number of halogens is 4. The minimum atomic E-state index is -4.62. The molecule has 0 unspecified atom stereocenters. The molecule has 0 atom stereocenters. The summed E-state index contributed by atoms with van der Waals surface area (Å²) >= 11 is 1.46. The Balaban J connectivity index is 1.75. The van der Waals surface area contributed by atoms with Crippen LogP contribution in [0.15, 0.2) is 53.9 Å². The van der Waals surface area contributed by atoms with Gasteiger partial charge in [-0.25, -0.2) is 4.39 Å². The second kappa shape index (κ2) is 9.43. The first kappa shape index (κ1) is 20.0. The molecule has 0 aliphatic carbocycles. The zero-order valence-corrected chi connectivity index (χ0v) is 14.5. The summed E-state index contributed by atoms with van der Waals surface area (Å²) in [4.78, 5) is 11.8. The highest BCUT2D eigenvalue weighted by Crippen LogP contribution is 2.30. The summed E-state index contributed by atoms with van der Waals surface area (Å²) in [5.74, 6) is -0.749. The van der Waals surface area contributed by atoms with Crippen LogP contribution in [0.1, 0.15) is 23.1 Å². The fourth-order valence-corrected chi connectivity index (χ4v) is 2.81. The van der Waals surface area contributed by atoms with E-state index in [1.165, 1.54) is 11.8 Å². The Bertz CT molecular complexity index is 760. The summed E-state index contributed by atoms with van der Waals surface area (Å²) in [6.07, 6.45) is -2.48. The number of nitrogens with one attached hydrogen (secondary N) is 1. The molecular formula is C19H17F4NOS. The van der Waals surface area contributed by atoms with E-state index in [1.807, 2.05) is 41.8 Å². The second-order valence-corrected chi connectivity index (χ2v) is 6.47. The van der Waals surface area contributed by atoms with E-state index in [1.54, 1.807) is 0 Å². The van der Waals surface area contributed by atoms with Crippen LogP contribution >= 0.6 is 11.8 Å². The van der Waals surface area contributed by atoms with Crippen molar-refractivity contribution in [2.24, 2.45) is 0 Å². The van der Waals surface area contributed by atoms with Crippen molar-refractivity contribution in [3.63, 3.8) is 0 Å². The van der Waals surface area contributed by atoms with E-state index >= 15 is 0 Å². The van der Waals surface area contributed by atoms with E-state index in [4.69, 9.17) is 0 Å². The Morgan fingerprint density at radius 2 is 1.85 bits per heavy atom. The molecule has 2 rings (SSSR count). The monoisotopic (exact) mass is 383 g/mol. The molecule has 1 N–H and O–H groups in total. The van der Waals surface area contributed by atoms with Crippen LogP contribution in [0.2, 0.25) is 0 Å². The number of carbonyl (C=O) groups is 1. The van der Waals surface area contributed by atoms with E-state index in [0.717, 1.165) is 17.7 Å². The maximum absolute atomic E-state index is 13.3. The molecule has 0 saturated carbocycles. The van der Waals surface area contributed by atoms with Gasteiger partial charge in [0.05, 0.1) is 5.56 Å². The Morgan fingerprint density at radius 3 is 2.54 bits per heavy atom. The van der Waals surface area contributed by atoms with E-state index in [2.05, 4.69) is 5.32 Å². The highest BCUT2D eigenvalue weighted by molar-refractivity contribution is 8.02. The Morgan fingerprint density at radius 1 is 1.12 bits per heavy atom. The van der Waals surface area contributed by atoms with Crippen LogP contribution in [0, 0.1) is 5.82 Å². The van der Waals surface area contributed by atoms with Crippen molar-refractivity contribution in [2.45, 2.75) is 19.1 Å². The number of thioether (sulfide) groups is 1. The van der Waals surface area contributed by atoms with Gasteiger partial charge < -0.3 is 5.32 Å². The molecule has 0 heterocycles. The van der Waals surface area contributed by atoms with E-state index in [-0.39, 0.29) is 24.4 Å². The maximum Gasteiger partial charge on any atom is 0.416 e. The summed E-state index contributed by atoms with van der Waals surface area (Å²) in [6.45, 7) is -0.149. The molecular weight excluding hydrogens is 366 g/mol. The molecule has 0 aromatic heterocycles. The minimum absolute atomic E-state index is 0.0716. The lowest BCUT2D eigenvalue weighted by Gasteiger charge is -2.10. The van der Waals surface area contributed by atoms with Gasteiger partial charge in [0.2, 0.25) is 5.91 Å². The smallest absolute Gasteiger partial charge is 0.352 e. The zero-order valence-electron chi connectivity index (χ0n) is 13.7. The molecule has 7 heteroatoms. The normalized spacial score (nSPS) is 11.7. The van der Waals surface area contributed by atoms with Crippen LogP contribution in [0.4, 0.5) is 17.6 Å². The summed E-state index contributed by atoms with van der Waals surface area (Å²) in [5.41, 5.74) is 0.0571. The molecule has 0 aliphatic rings. The second-order valence-electron chi connectivity index (χ2n) is 5.46. The van der Waals surface area contributed by atoms with Crippen molar-refractivity contribution >= 4 is 23.7 Å². The topological polar surface area (TPSA) is 29.1 Å². The van der Waals surface area contributed by atoms with Gasteiger partial charge in [0, 0.05) is 18.7 Å². The number of rotatable bonds is 7. The lowest BCUT2D eigenvalue weighted by Crippen LogP contribution is -2.23. The van der Waals surface area contributed by atoms with E-state index in [0.29, 0.717) is 11.8 Å². The number of alkyl halides is 3. The molecule has 0 aliphatic heterocycles. The quantitative estimate of drug-likeness (QED) is 0.522. The van der Waals surface area contributed by atoms with Crippen molar-refractivity contribution in [2.75, 3.05) is 5.75 Å². The Kier molecular flexibility index (Phi) is 7.26. The molecule has 1 amide bonds. The summed E-state index contributed by atoms with van der Waals surface area (Å²) in [5, 5.41) is 4.38. The van der Waals surface area contributed by atoms with Gasteiger partial charge in [-0.15, -0.1) is 11.8 Å². The van der Waals surface area contributed by atoms with Gasteiger partial charge in [-0.3, -0.25) is 4.79 Å². The maximum atomic E-state index is 13.3. The number of amides is 1. The number of hydrogen-bond acceptors (Lipinski definition) is 2. The van der Waals surface area contributed by atoms with Crippen LogP contribution in [-0.4, -0.2) is 11.7 Å². The lowest BCUT2D eigenvalue weighted by atomic mass is 10.1. The van der Waals surface area contributed by atoms with Crippen molar-refractivity contribution in [3.8, 4) is 0 Å². The van der Waals surface area contributed by atoms with Gasteiger partial charge in [0.1, 0.15) is 5.82 Å². The van der Waals surface area contributed by atoms with Crippen molar-refractivity contribution < 1.29 is 22.4 Å². The van der Waals surface area contributed by atoms with Crippen LogP contribution < -0.4 is 5.32 Å². The molecule has 2 nitrogen and oxygen atoms in total. The van der Waals surface area contributed by atoms with Gasteiger partial charge in [0.15, 0.2) is 0 Å². The molecule has 2 aromatic carbocycles. The first-order valence-electron chi connectivity index (χ1n) is 7.81. The minimum Gasteiger partial charge on any atom is -0.352 e. The highest BCUT2D eigenvalue weighted by Gasteiger charge is 2.31. The third-order valence-corrected chi connectivity index (χ3v) is 4.15. The first-order chi connectivity index (χ1) is 12.3. The van der Waals surface area contributed by atoms with E-state index in [9.17, 15) is 22.4 Å². The van der Waals surface area contributed by atoms with E-state index < -0.39 is 17.6 Å². The molecule has 0 bridgehead atoms. The van der Waals surface area contributed by atoms with Crippen molar-refractivity contribution in [1.29, 1.82) is 0 Å². The van der Waals surface area contributed by atoms with Crippen LogP contribution in [-0.2, 0) is 17.5 Å². The predicted molar refractivity (Wildman–Crippen MR) is 95.8 cm³/mol. The predicted octanol–water partition coefficient (Wildman–Crippen LogP) is 5.25. The molecule has 0 fully saturated rings. The van der Waals surface area contributed by atoms with Crippen LogP contribution in [0.25, 0.3) is 6.08 Å². The SMILES string of the molecule is O=C(CCSC=Cc1ccccc1)NCc1cc(F)cc(C(F)(F)F)c1. The molecule has 0 saturated heterocycles. The number of benzene rings is 2. The largest absolute Gasteiger partial charge is 0.416 e. The van der Waals surface area contributed by atoms with Crippen LogP contribution in [0.5, 0.6) is 0 Å². The molecule has 2 aromatic rings. The number of carbonyl (C=O) groups excluding carboxylic acids is 1. The summed E-state index contributed by atoms with van der Waals surface area (Å²) in [6, 6.07) is 11.9. The summed E-state index contributed by atoms with van der Waals surface area (Å²) < 4.78 is 51.2. The molecule has 0 spiro atoms. The fraction of sp³-hybridized carbons (Fsp3) is 0.211. The van der Waals surface area contributed by atoms with Gasteiger partial charge in [-0.1, -0.05) is 30.3 Å². The fourth-order valence-electron chi connectivity index (χ4n) is 2.12. The average molecular weight is 383 g/mol. The van der Waals surface area contributed by atoms with Gasteiger partial charge in [-0.2, -0.15) is 13.2 Å².